The molecule has 5 heteroatoms. The van der Waals surface area contributed by atoms with E-state index in [2.05, 4.69) is 5.32 Å². The quantitative estimate of drug-likeness (QED) is 0.527. The smallest absolute Gasteiger partial charge is 0.252 e. The zero-order valence-corrected chi connectivity index (χ0v) is 14.2. The van der Waals surface area contributed by atoms with E-state index in [1.54, 1.807) is 0 Å². The lowest BCUT2D eigenvalue weighted by Crippen LogP contribution is -2.32. The molecule has 1 atom stereocenters. The summed E-state index contributed by atoms with van der Waals surface area (Å²) in [7, 11) is 0. The predicted molar refractivity (Wildman–Crippen MR) is 98.1 cm³/mol. The van der Waals surface area contributed by atoms with Crippen LogP contribution < -0.4 is 10.0 Å². The highest BCUT2D eigenvalue weighted by molar-refractivity contribution is 5.94. The van der Waals surface area contributed by atoms with Crippen molar-refractivity contribution >= 4 is 5.91 Å². The minimum Gasteiger partial charge on any atom is -0.619 e. The van der Waals surface area contributed by atoms with Crippen LogP contribution in [0.2, 0.25) is 0 Å². The van der Waals surface area contributed by atoms with E-state index in [1.807, 2.05) is 60.7 Å². The van der Waals surface area contributed by atoms with Crippen LogP contribution in [0, 0.1) is 5.21 Å². The number of pyridine rings is 1. The molecule has 0 spiro atoms. The molecule has 0 radical (unpaired) electrons. The molecule has 3 aromatic rings. The summed E-state index contributed by atoms with van der Waals surface area (Å²) in [6.45, 7) is 0.820. The molecule has 132 valence electrons. The number of hydrogen-bond acceptors (Lipinski definition) is 3. The van der Waals surface area contributed by atoms with Gasteiger partial charge in [-0.2, -0.15) is 4.73 Å². The normalized spacial score (nSPS) is 11.7. The first-order valence-corrected chi connectivity index (χ1v) is 8.38. The van der Waals surface area contributed by atoms with Gasteiger partial charge < -0.3 is 15.3 Å². The van der Waals surface area contributed by atoms with Crippen molar-refractivity contribution in [3.63, 3.8) is 0 Å². The topological polar surface area (TPSA) is 65.3 Å². The molecule has 1 aromatic heterocycles. The highest BCUT2D eigenvalue weighted by atomic mass is 16.5. The molecule has 0 aliphatic rings. The van der Waals surface area contributed by atoms with Crippen LogP contribution in [0.15, 0.2) is 85.2 Å². The van der Waals surface area contributed by atoms with E-state index in [0.29, 0.717) is 23.5 Å². The van der Waals surface area contributed by atoms with Crippen LogP contribution in [0.5, 0.6) is 0 Å². The number of ether oxygens (including phenoxy) is 1. The summed E-state index contributed by atoms with van der Waals surface area (Å²) < 4.78 is 6.47. The molecule has 0 aliphatic carbocycles. The lowest BCUT2D eigenvalue weighted by Gasteiger charge is -2.19. The predicted octanol–water partition coefficient (Wildman–Crippen LogP) is 3.01. The van der Waals surface area contributed by atoms with Gasteiger partial charge in [0.05, 0.1) is 24.8 Å². The minimum atomic E-state index is -0.285. The number of benzene rings is 2. The summed E-state index contributed by atoms with van der Waals surface area (Å²) in [5, 5.41) is 14.1. The Hall–Kier alpha value is -3.18. The Morgan fingerprint density at radius 3 is 2.23 bits per heavy atom. The molecule has 0 aliphatic heterocycles. The van der Waals surface area contributed by atoms with Gasteiger partial charge in [0.1, 0.15) is 0 Å². The highest BCUT2D eigenvalue weighted by Gasteiger charge is 2.16. The zero-order chi connectivity index (χ0) is 18.2. The van der Waals surface area contributed by atoms with E-state index in [1.165, 1.54) is 24.5 Å². The largest absolute Gasteiger partial charge is 0.619 e. The van der Waals surface area contributed by atoms with E-state index in [9.17, 15) is 10.0 Å². The summed E-state index contributed by atoms with van der Waals surface area (Å²) in [6.07, 6.45) is 2.61. The van der Waals surface area contributed by atoms with Gasteiger partial charge in [-0.15, -0.1) is 0 Å². The first-order valence-electron chi connectivity index (χ1n) is 8.38. The second-order valence-electron chi connectivity index (χ2n) is 5.88. The van der Waals surface area contributed by atoms with E-state index >= 15 is 0 Å². The summed E-state index contributed by atoms with van der Waals surface area (Å²) >= 11 is 0. The third-order valence-corrected chi connectivity index (χ3v) is 3.97. The van der Waals surface area contributed by atoms with Gasteiger partial charge in [-0.25, -0.2) is 0 Å². The third kappa shape index (κ3) is 4.91. The number of nitrogens with one attached hydrogen (secondary N) is 1. The number of carbonyl (C=O) groups is 1. The number of carbonyl (C=O) groups excluding carboxylic acids is 1. The van der Waals surface area contributed by atoms with Gasteiger partial charge in [0.15, 0.2) is 12.4 Å². The van der Waals surface area contributed by atoms with Gasteiger partial charge in [-0.3, -0.25) is 4.79 Å². The van der Waals surface area contributed by atoms with Crippen molar-refractivity contribution in [1.82, 2.24) is 5.32 Å². The van der Waals surface area contributed by atoms with Crippen LogP contribution in [-0.4, -0.2) is 12.5 Å². The molecule has 0 fully saturated rings. The Balaban J connectivity index is 1.67. The number of aromatic nitrogens is 1. The number of hydrogen-bond donors (Lipinski definition) is 1. The lowest BCUT2D eigenvalue weighted by molar-refractivity contribution is -0.605. The van der Waals surface area contributed by atoms with Gasteiger partial charge in [-0.1, -0.05) is 60.7 Å². The Morgan fingerprint density at radius 2 is 1.58 bits per heavy atom. The van der Waals surface area contributed by atoms with E-state index < -0.39 is 0 Å². The van der Waals surface area contributed by atoms with Crippen molar-refractivity contribution in [2.45, 2.75) is 12.6 Å². The molecular weight excluding hydrogens is 328 g/mol. The summed E-state index contributed by atoms with van der Waals surface area (Å²) in [5.41, 5.74) is 2.47. The average molecular weight is 348 g/mol. The van der Waals surface area contributed by atoms with Crippen LogP contribution >= 0.6 is 0 Å². The highest BCUT2D eigenvalue weighted by Crippen LogP contribution is 2.15. The van der Waals surface area contributed by atoms with Crippen molar-refractivity contribution in [3.05, 3.63) is 107 Å². The van der Waals surface area contributed by atoms with Crippen LogP contribution in [-0.2, 0) is 11.3 Å². The first kappa shape index (κ1) is 17.6. The molecule has 0 bridgehead atoms. The van der Waals surface area contributed by atoms with Crippen LogP contribution in [0.3, 0.4) is 0 Å². The van der Waals surface area contributed by atoms with Gasteiger partial charge in [0.2, 0.25) is 0 Å². The van der Waals surface area contributed by atoms with Gasteiger partial charge in [0, 0.05) is 12.1 Å². The van der Waals surface area contributed by atoms with Gasteiger partial charge >= 0.3 is 0 Å². The summed E-state index contributed by atoms with van der Waals surface area (Å²) in [5.74, 6) is -0.247. The second-order valence-corrected chi connectivity index (χ2v) is 5.88. The molecule has 0 saturated carbocycles. The molecule has 1 heterocycles. The van der Waals surface area contributed by atoms with E-state index in [0.717, 1.165) is 11.1 Å². The number of amides is 1. The Morgan fingerprint density at radius 1 is 0.962 bits per heavy atom. The van der Waals surface area contributed by atoms with Crippen molar-refractivity contribution in [3.8, 4) is 0 Å². The monoisotopic (exact) mass is 348 g/mol. The third-order valence-electron chi connectivity index (χ3n) is 3.97. The lowest BCUT2D eigenvalue weighted by atomic mass is 10.1. The van der Waals surface area contributed by atoms with Crippen molar-refractivity contribution in [2.75, 3.05) is 6.61 Å². The molecule has 26 heavy (non-hydrogen) atoms. The minimum absolute atomic E-state index is 0.247. The van der Waals surface area contributed by atoms with E-state index in [-0.39, 0.29) is 11.9 Å². The molecular formula is C21H20N2O3. The van der Waals surface area contributed by atoms with Gasteiger partial charge in [0.25, 0.3) is 5.91 Å². The SMILES string of the molecule is O=C(NC(COCc1ccccc1)c1ccccc1)c1cc[n+]([O-])cc1. The Kier molecular flexibility index (Phi) is 5.96. The molecule has 3 rings (SSSR count). The first-order chi connectivity index (χ1) is 12.7. The maximum absolute atomic E-state index is 12.5. The van der Waals surface area contributed by atoms with Crippen molar-refractivity contribution < 1.29 is 14.3 Å². The summed E-state index contributed by atoms with van der Waals surface area (Å²) in [4.78, 5) is 12.5. The zero-order valence-electron chi connectivity index (χ0n) is 14.2. The molecule has 5 nitrogen and oxygen atoms in total. The van der Waals surface area contributed by atoms with Crippen molar-refractivity contribution in [1.29, 1.82) is 0 Å². The Labute approximate surface area is 152 Å². The number of nitrogens with zero attached hydrogens (tertiary/aromatic N) is 1. The van der Waals surface area contributed by atoms with Crippen LogP contribution in [0.4, 0.5) is 0 Å². The van der Waals surface area contributed by atoms with Crippen LogP contribution in [0.25, 0.3) is 0 Å². The van der Waals surface area contributed by atoms with Gasteiger partial charge in [-0.05, 0) is 11.1 Å². The molecule has 2 aromatic carbocycles. The van der Waals surface area contributed by atoms with E-state index in [4.69, 9.17) is 4.74 Å². The van der Waals surface area contributed by atoms with Crippen molar-refractivity contribution in [2.24, 2.45) is 0 Å². The maximum atomic E-state index is 12.5. The molecule has 1 unspecified atom stereocenters. The van der Waals surface area contributed by atoms with Crippen LogP contribution in [0.1, 0.15) is 27.5 Å². The fourth-order valence-corrected chi connectivity index (χ4v) is 2.58. The molecule has 0 saturated heterocycles. The second kappa shape index (κ2) is 8.78. The maximum Gasteiger partial charge on any atom is 0.252 e. The molecule has 1 amide bonds. The average Bonchev–Trinajstić information content (AvgIpc) is 2.69. The molecule has 1 N–H and O–H groups in total. The fraction of sp³-hybridized carbons (Fsp3) is 0.143. The Bertz CT molecular complexity index is 821. The standard InChI is InChI=1S/C21H20N2O3/c24-21(19-11-13-23(25)14-12-19)22-20(18-9-5-2-6-10-18)16-26-15-17-7-3-1-4-8-17/h1-14,20H,15-16H2,(H,22,24). The number of rotatable bonds is 7. The summed E-state index contributed by atoms with van der Waals surface area (Å²) in [6, 6.07) is 22.3. The fourth-order valence-electron chi connectivity index (χ4n) is 2.58.